The van der Waals surface area contributed by atoms with Crippen LogP contribution in [0.15, 0.2) is 11.6 Å². The molecule has 2 rings (SSSR count). The van der Waals surface area contributed by atoms with Gasteiger partial charge < -0.3 is 5.32 Å². The van der Waals surface area contributed by atoms with Crippen LogP contribution in [0.4, 0.5) is 0 Å². The summed E-state index contributed by atoms with van der Waals surface area (Å²) in [5.41, 5.74) is 1.09. The van der Waals surface area contributed by atoms with Crippen LogP contribution in [0.3, 0.4) is 0 Å². The van der Waals surface area contributed by atoms with Crippen molar-refractivity contribution >= 4 is 19.9 Å². The molecule has 0 aromatic carbocycles. The van der Waals surface area contributed by atoms with Crippen LogP contribution in [0.1, 0.15) is 19.3 Å². The molecule has 2 heterocycles. The lowest BCUT2D eigenvalue weighted by Gasteiger charge is -2.23. The molecule has 0 unspecified atom stereocenters. The number of hydrogen-bond donors (Lipinski definition) is 2. The molecule has 0 aromatic heterocycles. The molecule has 0 saturated carbocycles. The van der Waals surface area contributed by atoms with Crippen LogP contribution < -0.4 is 10.0 Å². The zero-order chi connectivity index (χ0) is 13.9. The Bertz CT molecular complexity index is 537. The predicted octanol–water partition coefficient (Wildman–Crippen LogP) is -0.597. The fraction of sp³-hybridized carbons (Fsp3) is 0.818. The van der Waals surface area contributed by atoms with Gasteiger partial charge in [-0.1, -0.05) is 11.6 Å². The number of sulfonamides is 1. The van der Waals surface area contributed by atoms with Crippen LogP contribution in [0.25, 0.3) is 0 Å². The summed E-state index contributed by atoms with van der Waals surface area (Å²) in [7, 11) is -6.43. The minimum absolute atomic E-state index is 0.0226. The van der Waals surface area contributed by atoms with Gasteiger partial charge >= 0.3 is 0 Å². The summed E-state index contributed by atoms with van der Waals surface area (Å²) in [5.74, 6) is -0.0453. The summed E-state index contributed by atoms with van der Waals surface area (Å²) < 4.78 is 49.4. The normalized spacial score (nSPS) is 24.9. The molecular formula is C11H20N2O4S2. The Labute approximate surface area is 114 Å². The van der Waals surface area contributed by atoms with Crippen molar-refractivity contribution in [3.05, 3.63) is 11.6 Å². The van der Waals surface area contributed by atoms with Crippen LogP contribution in [-0.2, 0) is 19.9 Å². The van der Waals surface area contributed by atoms with E-state index in [-0.39, 0.29) is 24.3 Å². The van der Waals surface area contributed by atoms with Crippen molar-refractivity contribution in [3.8, 4) is 0 Å². The van der Waals surface area contributed by atoms with Gasteiger partial charge in [-0.15, -0.1) is 0 Å². The highest BCUT2D eigenvalue weighted by Crippen LogP contribution is 2.18. The van der Waals surface area contributed by atoms with E-state index >= 15 is 0 Å². The van der Waals surface area contributed by atoms with Crippen LogP contribution in [0.2, 0.25) is 0 Å². The van der Waals surface area contributed by atoms with Crippen molar-refractivity contribution in [2.24, 2.45) is 0 Å². The Morgan fingerprint density at radius 3 is 2.58 bits per heavy atom. The molecule has 0 aromatic rings. The molecule has 2 aliphatic heterocycles. The van der Waals surface area contributed by atoms with Gasteiger partial charge in [0.1, 0.15) is 9.84 Å². The fourth-order valence-corrected chi connectivity index (χ4v) is 5.59. The maximum atomic E-state index is 12.1. The Morgan fingerprint density at radius 1 is 1.32 bits per heavy atom. The van der Waals surface area contributed by atoms with Crippen molar-refractivity contribution in [2.75, 3.05) is 31.1 Å². The highest BCUT2D eigenvalue weighted by Gasteiger charge is 2.32. The molecule has 8 heteroatoms. The molecule has 6 nitrogen and oxygen atoms in total. The van der Waals surface area contributed by atoms with Crippen molar-refractivity contribution in [1.82, 2.24) is 10.0 Å². The van der Waals surface area contributed by atoms with Crippen LogP contribution in [0.5, 0.6) is 0 Å². The summed E-state index contributed by atoms with van der Waals surface area (Å²) in [4.78, 5) is 0. The third-order valence-electron chi connectivity index (χ3n) is 3.60. The first kappa shape index (κ1) is 15.0. The minimum atomic E-state index is -3.41. The average Bonchev–Trinajstić information content (AvgIpc) is 2.37. The van der Waals surface area contributed by atoms with Crippen LogP contribution in [-0.4, -0.2) is 53.2 Å². The van der Waals surface area contributed by atoms with E-state index < -0.39 is 25.1 Å². The molecule has 2 aliphatic rings. The van der Waals surface area contributed by atoms with E-state index in [1.807, 2.05) is 6.08 Å². The van der Waals surface area contributed by atoms with Gasteiger partial charge in [-0.2, -0.15) is 0 Å². The minimum Gasteiger partial charge on any atom is -0.313 e. The molecule has 19 heavy (non-hydrogen) atoms. The number of rotatable bonds is 4. The van der Waals surface area contributed by atoms with Gasteiger partial charge in [0, 0.05) is 13.1 Å². The Hall–Kier alpha value is -0.440. The van der Waals surface area contributed by atoms with E-state index in [4.69, 9.17) is 0 Å². The third-order valence-corrected chi connectivity index (χ3v) is 7.21. The topological polar surface area (TPSA) is 92.3 Å². The SMILES string of the molecule is O=S1(=O)CCC(S(=O)(=O)NCC2=CCNCC2)CC1. The lowest BCUT2D eigenvalue weighted by molar-refractivity contribution is 0.543. The summed E-state index contributed by atoms with van der Waals surface area (Å²) in [6.07, 6.45) is 3.26. The molecule has 0 radical (unpaired) electrons. The quantitative estimate of drug-likeness (QED) is 0.677. The van der Waals surface area contributed by atoms with Gasteiger partial charge in [-0.05, 0) is 25.8 Å². The van der Waals surface area contributed by atoms with Gasteiger partial charge in [0.05, 0.1) is 16.8 Å². The van der Waals surface area contributed by atoms with Gasteiger partial charge in [-0.3, -0.25) is 0 Å². The number of hydrogen-bond acceptors (Lipinski definition) is 5. The molecule has 0 amide bonds. The van der Waals surface area contributed by atoms with Crippen LogP contribution >= 0.6 is 0 Å². The molecule has 0 bridgehead atoms. The Morgan fingerprint density at radius 2 is 2.00 bits per heavy atom. The van der Waals surface area contributed by atoms with E-state index in [0.717, 1.165) is 25.1 Å². The monoisotopic (exact) mass is 308 g/mol. The van der Waals surface area contributed by atoms with Crippen LogP contribution in [0, 0.1) is 0 Å². The van der Waals surface area contributed by atoms with Crippen molar-refractivity contribution in [3.63, 3.8) is 0 Å². The maximum Gasteiger partial charge on any atom is 0.214 e. The highest BCUT2D eigenvalue weighted by atomic mass is 32.2. The number of nitrogens with one attached hydrogen (secondary N) is 2. The second kappa shape index (κ2) is 5.90. The summed E-state index contributed by atoms with van der Waals surface area (Å²) >= 11 is 0. The van der Waals surface area contributed by atoms with Gasteiger partial charge in [-0.25, -0.2) is 21.6 Å². The van der Waals surface area contributed by atoms with E-state index in [2.05, 4.69) is 10.0 Å². The first-order valence-corrected chi connectivity index (χ1v) is 9.83. The molecule has 2 N–H and O–H groups in total. The van der Waals surface area contributed by atoms with Crippen molar-refractivity contribution in [2.45, 2.75) is 24.5 Å². The third kappa shape index (κ3) is 4.27. The first-order valence-electron chi connectivity index (χ1n) is 6.47. The van der Waals surface area contributed by atoms with Crippen molar-refractivity contribution < 1.29 is 16.8 Å². The Kier molecular flexibility index (Phi) is 4.65. The van der Waals surface area contributed by atoms with E-state index in [1.165, 1.54) is 0 Å². The lowest BCUT2D eigenvalue weighted by atomic mass is 10.1. The molecule has 0 spiro atoms. The Balaban J connectivity index is 1.90. The van der Waals surface area contributed by atoms with Gasteiger partial charge in [0.25, 0.3) is 0 Å². The largest absolute Gasteiger partial charge is 0.313 e. The zero-order valence-electron chi connectivity index (χ0n) is 10.8. The molecule has 0 atom stereocenters. The standard InChI is InChI=1S/C11H20N2O4S2/c14-18(15)7-3-11(4-8-18)19(16,17)13-9-10-1-5-12-6-2-10/h1,11-13H,2-9H2. The average molecular weight is 308 g/mol. The molecule has 1 fully saturated rings. The second-order valence-electron chi connectivity index (χ2n) is 5.03. The lowest BCUT2D eigenvalue weighted by Crippen LogP contribution is -2.40. The van der Waals surface area contributed by atoms with E-state index in [9.17, 15) is 16.8 Å². The fourth-order valence-electron chi connectivity index (χ4n) is 2.32. The number of sulfone groups is 1. The smallest absolute Gasteiger partial charge is 0.214 e. The summed E-state index contributed by atoms with van der Waals surface area (Å²) in [5, 5.41) is 2.59. The van der Waals surface area contributed by atoms with E-state index in [0.29, 0.717) is 6.54 Å². The van der Waals surface area contributed by atoms with Gasteiger partial charge in [0.15, 0.2) is 0 Å². The second-order valence-corrected chi connectivity index (χ2v) is 9.38. The molecule has 110 valence electrons. The molecule has 1 saturated heterocycles. The summed E-state index contributed by atoms with van der Waals surface area (Å²) in [6.45, 7) is 1.99. The molecule has 0 aliphatic carbocycles. The summed E-state index contributed by atoms with van der Waals surface area (Å²) in [6, 6.07) is 0. The van der Waals surface area contributed by atoms with Gasteiger partial charge in [0.2, 0.25) is 10.0 Å². The zero-order valence-corrected chi connectivity index (χ0v) is 12.4. The van der Waals surface area contributed by atoms with Crippen molar-refractivity contribution in [1.29, 1.82) is 0 Å². The maximum absolute atomic E-state index is 12.1. The highest BCUT2D eigenvalue weighted by molar-refractivity contribution is 7.92. The van der Waals surface area contributed by atoms with E-state index in [1.54, 1.807) is 0 Å². The first-order chi connectivity index (χ1) is 8.89. The molecular weight excluding hydrogens is 288 g/mol. The predicted molar refractivity (Wildman–Crippen MR) is 74.2 cm³/mol.